The second kappa shape index (κ2) is 8.10. The van der Waals surface area contributed by atoms with E-state index in [9.17, 15) is 13.2 Å². The smallest absolute Gasteiger partial charge is 0.339 e. The molecule has 0 aliphatic heterocycles. The van der Waals surface area contributed by atoms with Crippen LogP contribution in [0.4, 0.5) is 0 Å². The molecule has 0 aliphatic carbocycles. The van der Waals surface area contributed by atoms with Crippen LogP contribution in [0, 0.1) is 6.92 Å². The van der Waals surface area contributed by atoms with E-state index in [4.69, 9.17) is 14.7 Å². The Kier molecular flexibility index (Phi) is 6.28. The molecule has 0 aromatic heterocycles. The first-order valence-electron chi connectivity index (χ1n) is 8.56. The zero-order valence-electron chi connectivity index (χ0n) is 15.9. The predicted molar refractivity (Wildman–Crippen MR) is 103 cm³/mol. The van der Waals surface area contributed by atoms with Gasteiger partial charge in [-0.15, -0.1) is 0 Å². The van der Waals surface area contributed by atoms with E-state index in [1.165, 1.54) is 24.3 Å². The van der Waals surface area contributed by atoms with E-state index >= 15 is 0 Å². The molecule has 1 atom stereocenters. The van der Waals surface area contributed by atoms with Crippen molar-refractivity contribution < 1.29 is 22.1 Å². The molecule has 0 aliphatic rings. The molecule has 0 saturated heterocycles. The highest BCUT2D eigenvalue weighted by Crippen LogP contribution is 2.26. The highest BCUT2D eigenvalue weighted by molar-refractivity contribution is 7.87. The van der Waals surface area contributed by atoms with Gasteiger partial charge in [-0.1, -0.05) is 29.8 Å². The summed E-state index contributed by atoms with van der Waals surface area (Å²) in [5.74, 6) is -1.08. The van der Waals surface area contributed by atoms with E-state index in [1.54, 1.807) is 45.0 Å². The molecule has 6 nitrogen and oxygen atoms in total. The molecule has 0 saturated carbocycles. The molecule has 146 valence electrons. The molecule has 0 amide bonds. The number of rotatable bonds is 6. The Labute approximate surface area is 160 Å². The van der Waals surface area contributed by atoms with Crippen molar-refractivity contribution in [1.29, 1.82) is 0 Å². The number of benzene rings is 2. The average molecular weight is 391 g/mol. The zero-order chi connectivity index (χ0) is 20.2. The number of nitrogens with two attached hydrogens (primary N) is 1. The number of ether oxygens (including phenoxy) is 1. The third kappa shape index (κ3) is 5.80. The Balaban J connectivity index is 2.26. The van der Waals surface area contributed by atoms with E-state index in [1.807, 2.05) is 6.92 Å². The van der Waals surface area contributed by atoms with Crippen LogP contribution in [0.5, 0.6) is 5.75 Å². The van der Waals surface area contributed by atoms with Gasteiger partial charge >= 0.3 is 16.1 Å². The molecular formula is C20H25NO5S. The maximum atomic E-state index is 12.4. The molecule has 27 heavy (non-hydrogen) atoms. The minimum atomic E-state index is -3.98. The number of carbonyl (C=O) groups excluding carboxylic acids is 1. The fourth-order valence-electron chi connectivity index (χ4n) is 2.40. The van der Waals surface area contributed by atoms with Crippen LogP contribution in [0.2, 0.25) is 0 Å². The van der Waals surface area contributed by atoms with Crippen LogP contribution < -0.4 is 9.92 Å². The van der Waals surface area contributed by atoms with Crippen LogP contribution in [-0.2, 0) is 19.6 Å². The second-order valence-corrected chi connectivity index (χ2v) is 8.79. The van der Waals surface area contributed by atoms with Gasteiger partial charge < -0.3 is 14.7 Å². The van der Waals surface area contributed by atoms with Crippen LogP contribution in [0.1, 0.15) is 37.8 Å². The minimum Gasteiger partial charge on any atom is -0.459 e. The number of carbonyl (C=O) groups is 1. The van der Waals surface area contributed by atoms with Gasteiger partial charge in [0.15, 0.2) is 0 Å². The average Bonchev–Trinajstić information content (AvgIpc) is 2.54. The second-order valence-electron chi connectivity index (χ2n) is 7.24. The van der Waals surface area contributed by atoms with Gasteiger partial charge in [-0.05, 0) is 57.5 Å². The Morgan fingerprint density at radius 2 is 1.74 bits per heavy atom. The highest BCUT2D eigenvalue weighted by Gasteiger charge is 2.26. The summed E-state index contributed by atoms with van der Waals surface area (Å²) in [5.41, 5.74) is 6.58. The van der Waals surface area contributed by atoms with Gasteiger partial charge in [-0.25, -0.2) is 0 Å². The first-order valence-corrected chi connectivity index (χ1v) is 9.97. The zero-order valence-corrected chi connectivity index (χ0v) is 16.7. The van der Waals surface area contributed by atoms with Gasteiger partial charge in [0.25, 0.3) is 0 Å². The highest BCUT2D eigenvalue weighted by atomic mass is 32.2. The molecule has 0 fully saturated rings. The van der Waals surface area contributed by atoms with E-state index in [0.29, 0.717) is 5.56 Å². The van der Waals surface area contributed by atoms with Gasteiger partial charge in [0.2, 0.25) is 0 Å². The third-order valence-electron chi connectivity index (χ3n) is 3.70. The fraction of sp³-hybridized carbons (Fsp3) is 0.350. The Bertz CT molecular complexity index is 899. The largest absolute Gasteiger partial charge is 0.459 e. The number of esters is 1. The molecule has 1 unspecified atom stereocenters. The molecular weight excluding hydrogens is 366 g/mol. The van der Waals surface area contributed by atoms with Gasteiger partial charge in [-0.2, -0.15) is 8.42 Å². The minimum absolute atomic E-state index is 0.0308. The quantitative estimate of drug-likeness (QED) is 0.600. The lowest BCUT2D eigenvalue weighted by Crippen LogP contribution is -2.31. The van der Waals surface area contributed by atoms with Crippen molar-refractivity contribution >= 4 is 16.1 Å². The van der Waals surface area contributed by atoms with E-state index in [0.717, 1.165) is 5.56 Å². The summed E-state index contributed by atoms with van der Waals surface area (Å²) >= 11 is 0. The lowest BCUT2D eigenvalue weighted by molar-refractivity contribution is -0.156. The van der Waals surface area contributed by atoms with Gasteiger partial charge in [0, 0.05) is 6.54 Å². The van der Waals surface area contributed by atoms with Crippen molar-refractivity contribution in [3.05, 3.63) is 59.7 Å². The molecule has 0 heterocycles. The molecule has 2 aromatic rings. The van der Waals surface area contributed by atoms with Crippen molar-refractivity contribution in [3.8, 4) is 5.75 Å². The van der Waals surface area contributed by atoms with Crippen LogP contribution in [-0.4, -0.2) is 26.5 Å². The summed E-state index contributed by atoms with van der Waals surface area (Å²) in [6, 6.07) is 12.7. The summed E-state index contributed by atoms with van der Waals surface area (Å²) in [5, 5.41) is 0. The van der Waals surface area contributed by atoms with Gasteiger partial charge in [-0.3, -0.25) is 4.79 Å². The van der Waals surface area contributed by atoms with E-state index < -0.39 is 27.6 Å². The number of hydrogen-bond donors (Lipinski definition) is 1. The summed E-state index contributed by atoms with van der Waals surface area (Å²) in [4.78, 5) is 12.4. The molecule has 0 bridgehead atoms. The molecule has 0 radical (unpaired) electrons. The normalized spacial score (nSPS) is 13.1. The SMILES string of the molecule is Cc1ccc(S(=O)(=O)Oc2cccc(C(CN)C(=O)OC(C)(C)C)c2)cc1. The molecule has 7 heteroatoms. The van der Waals surface area contributed by atoms with E-state index in [-0.39, 0.29) is 17.2 Å². The number of aryl methyl sites for hydroxylation is 1. The summed E-state index contributed by atoms with van der Waals surface area (Å²) in [6.45, 7) is 7.21. The first kappa shape index (κ1) is 20.9. The van der Waals surface area contributed by atoms with Gasteiger partial charge in [0.05, 0.1) is 5.92 Å². The topological polar surface area (TPSA) is 95.7 Å². The standard InChI is InChI=1S/C20H25NO5S/c1-14-8-10-17(11-9-14)27(23,24)26-16-7-5-6-15(12-16)18(13-21)19(22)25-20(2,3)4/h5-12,18H,13,21H2,1-4H3. The van der Waals surface area contributed by atoms with Crippen molar-refractivity contribution in [1.82, 2.24) is 0 Å². The summed E-state index contributed by atoms with van der Waals surface area (Å²) < 4.78 is 35.5. The Morgan fingerprint density at radius 3 is 2.30 bits per heavy atom. The third-order valence-corrected chi connectivity index (χ3v) is 4.96. The van der Waals surface area contributed by atoms with Crippen LogP contribution >= 0.6 is 0 Å². The maximum absolute atomic E-state index is 12.4. The monoisotopic (exact) mass is 391 g/mol. The van der Waals surface area contributed by atoms with Crippen molar-refractivity contribution in [2.45, 2.75) is 44.1 Å². The fourth-order valence-corrected chi connectivity index (χ4v) is 3.33. The van der Waals surface area contributed by atoms with E-state index in [2.05, 4.69) is 0 Å². The lowest BCUT2D eigenvalue weighted by Gasteiger charge is -2.23. The van der Waals surface area contributed by atoms with Gasteiger partial charge in [0.1, 0.15) is 16.2 Å². The van der Waals surface area contributed by atoms with Crippen LogP contribution in [0.25, 0.3) is 0 Å². The molecule has 2 N–H and O–H groups in total. The maximum Gasteiger partial charge on any atom is 0.339 e. The first-order chi connectivity index (χ1) is 12.5. The van der Waals surface area contributed by atoms with Crippen molar-refractivity contribution in [2.75, 3.05) is 6.54 Å². The molecule has 2 rings (SSSR count). The van der Waals surface area contributed by atoms with Crippen molar-refractivity contribution in [2.24, 2.45) is 5.73 Å². The summed E-state index contributed by atoms with van der Waals surface area (Å²) in [7, 11) is -3.98. The summed E-state index contributed by atoms with van der Waals surface area (Å²) in [6.07, 6.45) is 0. The Morgan fingerprint density at radius 1 is 1.11 bits per heavy atom. The molecule has 0 spiro atoms. The number of hydrogen-bond acceptors (Lipinski definition) is 6. The lowest BCUT2D eigenvalue weighted by atomic mass is 9.99. The van der Waals surface area contributed by atoms with Crippen LogP contribution in [0.15, 0.2) is 53.4 Å². The Hall–Kier alpha value is -2.38. The van der Waals surface area contributed by atoms with Crippen molar-refractivity contribution in [3.63, 3.8) is 0 Å². The molecule has 2 aromatic carbocycles. The predicted octanol–water partition coefficient (Wildman–Crippen LogP) is 3.15. The van der Waals surface area contributed by atoms with Crippen LogP contribution in [0.3, 0.4) is 0 Å².